The minimum atomic E-state index is -0.421. The van der Waals surface area contributed by atoms with Crippen molar-refractivity contribution in [2.24, 2.45) is 5.73 Å². The summed E-state index contributed by atoms with van der Waals surface area (Å²) < 4.78 is 16.5. The van der Waals surface area contributed by atoms with Crippen molar-refractivity contribution < 1.29 is 22.8 Å². The molecule has 5 heterocycles. The summed E-state index contributed by atoms with van der Waals surface area (Å²) in [5, 5.41) is 3.38. The zero-order chi connectivity index (χ0) is 29.6. The van der Waals surface area contributed by atoms with Crippen LogP contribution in [0, 0.1) is 0 Å². The van der Waals surface area contributed by atoms with E-state index in [4.69, 9.17) is 42.2 Å². The molecular formula is C30H21BrCl2N4O5. The number of hydrogen-bond donors (Lipinski definition) is 3. The van der Waals surface area contributed by atoms with Crippen LogP contribution in [0.3, 0.4) is 0 Å². The summed E-state index contributed by atoms with van der Waals surface area (Å²) in [7, 11) is 0. The summed E-state index contributed by atoms with van der Waals surface area (Å²) in [6.07, 6.45) is 5.05. The van der Waals surface area contributed by atoms with E-state index < -0.39 is 5.91 Å². The molecule has 42 heavy (non-hydrogen) atoms. The molecule has 212 valence electrons. The number of amides is 1. The minimum absolute atomic E-state index is 0.0719. The van der Waals surface area contributed by atoms with Crippen LogP contribution in [0.25, 0.3) is 45.0 Å². The monoisotopic (exact) mass is 666 g/mol. The van der Waals surface area contributed by atoms with E-state index in [0.717, 1.165) is 22.0 Å². The first-order valence-electron chi connectivity index (χ1n) is 12.3. The summed E-state index contributed by atoms with van der Waals surface area (Å²) in [6.45, 7) is 0. The average molecular weight is 668 g/mol. The van der Waals surface area contributed by atoms with Crippen molar-refractivity contribution in [3.8, 4) is 23.0 Å². The van der Waals surface area contributed by atoms with Gasteiger partial charge in [-0.1, -0.05) is 39.1 Å². The quantitative estimate of drug-likeness (QED) is 0.124. The number of nitrogens with one attached hydrogen (secondary N) is 2. The van der Waals surface area contributed by atoms with E-state index in [-0.39, 0.29) is 11.1 Å². The van der Waals surface area contributed by atoms with Crippen LogP contribution in [0.5, 0.6) is 0 Å². The van der Waals surface area contributed by atoms with Gasteiger partial charge in [0.25, 0.3) is 5.91 Å². The van der Waals surface area contributed by atoms with E-state index in [1.165, 1.54) is 0 Å². The molecule has 0 atom stereocenters. The number of oxazole rings is 1. The number of primary amides is 1. The number of rotatable bonds is 5. The Labute approximate surface area is 256 Å². The number of H-pyrrole nitrogens is 2. The number of nitrogens with zero attached hydrogens (tertiary/aromatic N) is 1. The number of ketones is 1. The number of carbonyl (C=O) groups is 2. The summed E-state index contributed by atoms with van der Waals surface area (Å²) >= 11 is 14.8. The average Bonchev–Trinajstić information content (AvgIpc) is 3.81. The maximum atomic E-state index is 11.3. The molecule has 4 N–H and O–H groups in total. The van der Waals surface area contributed by atoms with Gasteiger partial charge >= 0.3 is 0 Å². The Balaban J connectivity index is 0.000000139. The van der Waals surface area contributed by atoms with Gasteiger partial charge in [-0.25, -0.2) is 4.98 Å². The molecule has 9 nitrogen and oxygen atoms in total. The molecule has 12 heteroatoms. The van der Waals surface area contributed by atoms with Crippen molar-refractivity contribution in [2.75, 3.05) is 5.33 Å². The molecule has 7 aromatic rings. The highest BCUT2D eigenvalue weighted by Gasteiger charge is 2.13. The number of benzene rings is 2. The number of alkyl halides is 1. The normalized spacial score (nSPS) is 10.6. The van der Waals surface area contributed by atoms with Gasteiger partial charge in [0.15, 0.2) is 11.5 Å². The van der Waals surface area contributed by atoms with E-state index in [2.05, 4.69) is 30.9 Å². The molecule has 5 aromatic heterocycles. The Hall–Kier alpha value is -4.51. The van der Waals surface area contributed by atoms with Gasteiger partial charge < -0.3 is 29.0 Å². The van der Waals surface area contributed by atoms with Crippen LogP contribution in [0.1, 0.15) is 21.0 Å². The Morgan fingerprint density at radius 3 is 2.12 bits per heavy atom. The third-order valence-electron chi connectivity index (χ3n) is 5.81. The SMILES string of the molecule is Clc1ccc2cc(-c3coc(-c4ccc[nH]4)n3)oc2c1.NC(=O)c1ccc[nH]1.O=C(CBr)c1cc2ccc(Cl)cc2o1. The maximum Gasteiger partial charge on any atom is 0.265 e. The molecule has 0 aliphatic heterocycles. The smallest absolute Gasteiger partial charge is 0.265 e. The van der Waals surface area contributed by atoms with Crippen molar-refractivity contribution in [1.82, 2.24) is 15.0 Å². The molecule has 0 radical (unpaired) electrons. The second-order valence-electron chi connectivity index (χ2n) is 8.71. The second-order valence-corrected chi connectivity index (χ2v) is 10.1. The van der Waals surface area contributed by atoms with Gasteiger partial charge in [-0.2, -0.15) is 0 Å². The van der Waals surface area contributed by atoms with Crippen molar-refractivity contribution >= 4 is 72.8 Å². The van der Waals surface area contributed by atoms with Gasteiger partial charge in [0.1, 0.15) is 34.5 Å². The lowest BCUT2D eigenvalue weighted by Crippen LogP contribution is -2.10. The molecule has 0 aliphatic carbocycles. The van der Waals surface area contributed by atoms with Crippen LogP contribution in [-0.2, 0) is 0 Å². The first kappa shape index (κ1) is 29.0. The molecule has 0 aliphatic rings. The van der Waals surface area contributed by atoms with Crippen LogP contribution >= 0.6 is 39.1 Å². The van der Waals surface area contributed by atoms with E-state index in [0.29, 0.717) is 44.4 Å². The number of aromatic amines is 2. The molecular weight excluding hydrogens is 647 g/mol. The lowest BCUT2D eigenvalue weighted by atomic mass is 10.2. The number of furan rings is 2. The summed E-state index contributed by atoms with van der Waals surface area (Å²) in [4.78, 5) is 31.7. The highest BCUT2D eigenvalue weighted by atomic mass is 79.9. The molecule has 1 amide bonds. The van der Waals surface area contributed by atoms with Crippen molar-refractivity contribution in [3.05, 3.63) is 113 Å². The molecule has 0 saturated heterocycles. The fourth-order valence-electron chi connectivity index (χ4n) is 3.80. The number of fused-ring (bicyclic) bond motifs is 2. The summed E-state index contributed by atoms with van der Waals surface area (Å²) in [6, 6.07) is 21.6. The highest BCUT2D eigenvalue weighted by Crippen LogP contribution is 2.30. The molecule has 0 fully saturated rings. The fourth-order valence-corrected chi connectivity index (χ4v) is 4.40. The summed E-state index contributed by atoms with van der Waals surface area (Å²) in [5.74, 6) is 1.05. The minimum Gasteiger partial charge on any atom is -0.454 e. The molecule has 2 aromatic carbocycles. The zero-order valence-corrected chi connectivity index (χ0v) is 24.7. The number of carbonyl (C=O) groups excluding carboxylic acids is 2. The van der Waals surface area contributed by atoms with Gasteiger partial charge in [-0.05, 0) is 60.7 Å². The molecule has 0 unspecified atom stereocenters. The number of nitrogens with two attached hydrogens (primary N) is 1. The highest BCUT2D eigenvalue weighted by molar-refractivity contribution is 9.09. The maximum absolute atomic E-state index is 11.3. The molecule has 0 spiro atoms. The fraction of sp³-hybridized carbons (Fsp3) is 0.0333. The number of hydrogen-bond acceptors (Lipinski definition) is 6. The van der Waals surface area contributed by atoms with Crippen LogP contribution < -0.4 is 5.73 Å². The lowest BCUT2D eigenvalue weighted by molar-refractivity contribution is 0.0988. The lowest BCUT2D eigenvalue weighted by Gasteiger charge is -1.88. The van der Waals surface area contributed by atoms with Gasteiger partial charge in [0.2, 0.25) is 11.7 Å². The predicted molar refractivity (Wildman–Crippen MR) is 165 cm³/mol. The molecule has 0 saturated carbocycles. The molecule has 7 rings (SSSR count). The largest absolute Gasteiger partial charge is 0.454 e. The van der Waals surface area contributed by atoms with Gasteiger partial charge in [-0.15, -0.1) is 0 Å². The Kier molecular flexibility index (Phi) is 8.97. The number of aromatic nitrogens is 3. The Morgan fingerprint density at radius 2 is 1.52 bits per heavy atom. The van der Waals surface area contributed by atoms with Gasteiger partial charge in [0, 0.05) is 45.3 Å². The third kappa shape index (κ3) is 6.85. The standard InChI is InChI=1S/C15H9ClN2O2.C10H6BrClO2.C5H6N2O/c16-10-4-3-9-6-14(20-13(9)7-10)12-8-19-15(18-12)11-2-1-5-17-11;11-5-8(13)10-3-6-1-2-7(12)4-9(6)14-10;6-5(8)4-2-1-3-7-4/h1-8,17H;1-4H,5H2;1-3,7H,(H2,6,8). The predicted octanol–water partition coefficient (Wildman–Crippen LogP) is 8.51. The van der Waals surface area contributed by atoms with E-state index in [1.54, 1.807) is 48.9 Å². The van der Waals surface area contributed by atoms with Crippen LogP contribution in [-0.4, -0.2) is 32.0 Å². The van der Waals surface area contributed by atoms with Crippen LogP contribution in [0.2, 0.25) is 10.0 Å². The first-order valence-corrected chi connectivity index (χ1v) is 14.2. The Morgan fingerprint density at radius 1 is 0.857 bits per heavy atom. The molecule has 0 bridgehead atoms. The van der Waals surface area contributed by atoms with Crippen molar-refractivity contribution in [2.45, 2.75) is 0 Å². The van der Waals surface area contributed by atoms with E-state index in [1.807, 2.05) is 42.6 Å². The Bertz CT molecular complexity index is 1960. The van der Waals surface area contributed by atoms with Gasteiger partial charge in [0.05, 0.1) is 5.33 Å². The topological polar surface area (TPSA) is 144 Å². The zero-order valence-electron chi connectivity index (χ0n) is 21.6. The van der Waals surface area contributed by atoms with Gasteiger partial charge in [-0.3, -0.25) is 9.59 Å². The van der Waals surface area contributed by atoms with Crippen molar-refractivity contribution in [3.63, 3.8) is 0 Å². The third-order valence-corrected chi connectivity index (χ3v) is 6.79. The van der Waals surface area contributed by atoms with Crippen LogP contribution in [0.15, 0.2) is 105 Å². The second kappa shape index (κ2) is 13.0. The van der Waals surface area contributed by atoms with E-state index >= 15 is 0 Å². The van der Waals surface area contributed by atoms with Crippen LogP contribution in [0.4, 0.5) is 0 Å². The summed E-state index contributed by atoms with van der Waals surface area (Å²) in [5.41, 5.74) is 8.19. The van der Waals surface area contributed by atoms with E-state index in [9.17, 15) is 9.59 Å². The van der Waals surface area contributed by atoms with Crippen molar-refractivity contribution in [1.29, 1.82) is 0 Å². The number of halogens is 3. The number of Topliss-reactive ketones (excluding diaryl/α,β-unsaturated/α-hetero) is 1. The first-order chi connectivity index (χ1) is 20.3.